The first-order chi connectivity index (χ1) is 11.1. The van der Waals surface area contributed by atoms with Gasteiger partial charge in [-0.25, -0.2) is 4.79 Å². The number of benzene rings is 2. The van der Waals surface area contributed by atoms with Crippen LogP contribution in [0.1, 0.15) is 10.4 Å². The van der Waals surface area contributed by atoms with E-state index in [1.54, 1.807) is 55.6 Å². The second kappa shape index (κ2) is 7.84. The molecule has 6 heteroatoms. The van der Waals surface area contributed by atoms with Crippen LogP contribution in [0.5, 0.6) is 11.5 Å². The summed E-state index contributed by atoms with van der Waals surface area (Å²) >= 11 is 0. The lowest BCUT2D eigenvalue weighted by Gasteiger charge is -2.10. The lowest BCUT2D eigenvalue weighted by Crippen LogP contribution is -2.21. The fourth-order valence-electron chi connectivity index (χ4n) is 1.89. The first-order valence-electron chi connectivity index (χ1n) is 6.88. The summed E-state index contributed by atoms with van der Waals surface area (Å²) in [5.41, 5.74) is 0.662. The summed E-state index contributed by atoms with van der Waals surface area (Å²) in [5, 5.41) is 2.63. The molecule has 2 rings (SSSR count). The SMILES string of the molecule is COC(=O)c1ccccc1NC(=O)COc1ccc(OC)cc1. The van der Waals surface area contributed by atoms with E-state index in [1.165, 1.54) is 7.11 Å². The molecule has 1 amide bonds. The molecule has 0 aliphatic rings. The molecule has 0 aromatic heterocycles. The van der Waals surface area contributed by atoms with Crippen molar-refractivity contribution in [3.63, 3.8) is 0 Å². The van der Waals surface area contributed by atoms with E-state index in [4.69, 9.17) is 9.47 Å². The number of anilines is 1. The Kier molecular flexibility index (Phi) is 5.57. The molecule has 0 radical (unpaired) electrons. The molecule has 0 bridgehead atoms. The summed E-state index contributed by atoms with van der Waals surface area (Å²) in [5.74, 6) is 0.352. The summed E-state index contributed by atoms with van der Waals surface area (Å²) in [6, 6.07) is 13.5. The molecule has 120 valence electrons. The Labute approximate surface area is 134 Å². The molecule has 0 atom stereocenters. The van der Waals surface area contributed by atoms with Crippen molar-refractivity contribution >= 4 is 17.6 Å². The summed E-state index contributed by atoms with van der Waals surface area (Å²) in [4.78, 5) is 23.6. The fourth-order valence-corrected chi connectivity index (χ4v) is 1.89. The monoisotopic (exact) mass is 315 g/mol. The van der Waals surface area contributed by atoms with Gasteiger partial charge in [0, 0.05) is 0 Å². The van der Waals surface area contributed by atoms with Gasteiger partial charge in [-0.3, -0.25) is 4.79 Å². The topological polar surface area (TPSA) is 73.9 Å². The number of carbonyl (C=O) groups is 2. The van der Waals surface area contributed by atoms with Crippen LogP contribution in [0.3, 0.4) is 0 Å². The number of ether oxygens (including phenoxy) is 3. The van der Waals surface area contributed by atoms with Gasteiger partial charge in [-0.2, -0.15) is 0 Å². The van der Waals surface area contributed by atoms with Crippen molar-refractivity contribution in [2.45, 2.75) is 0 Å². The lowest BCUT2D eigenvalue weighted by molar-refractivity contribution is -0.118. The normalized spacial score (nSPS) is 9.83. The van der Waals surface area contributed by atoms with Gasteiger partial charge in [-0.05, 0) is 36.4 Å². The van der Waals surface area contributed by atoms with Crippen molar-refractivity contribution in [1.82, 2.24) is 0 Å². The molecule has 0 heterocycles. The molecule has 6 nitrogen and oxygen atoms in total. The van der Waals surface area contributed by atoms with Crippen molar-refractivity contribution in [1.29, 1.82) is 0 Å². The van der Waals surface area contributed by atoms with E-state index >= 15 is 0 Å². The highest BCUT2D eigenvalue weighted by Crippen LogP contribution is 2.18. The van der Waals surface area contributed by atoms with Crippen molar-refractivity contribution < 1.29 is 23.8 Å². The Bertz CT molecular complexity index is 682. The zero-order valence-electron chi connectivity index (χ0n) is 12.9. The molecular formula is C17H17NO5. The quantitative estimate of drug-likeness (QED) is 0.829. The third-order valence-corrected chi connectivity index (χ3v) is 3.04. The first kappa shape index (κ1) is 16.4. The molecule has 0 spiro atoms. The van der Waals surface area contributed by atoms with E-state index in [9.17, 15) is 9.59 Å². The maximum absolute atomic E-state index is 12.0. The summed E-state index contributed by atoms with van der Waals surface area (Å²) in [6.45, 7) is -0.179. The van der Waals surface area contributed by atoms with Gasteiger partial charge in [-0.1, -0.05) is 12.1 Å². The number of hydrogen-bond acceptors (Lipinski definition) is 5. The van der Waals surface area contributed by atoms with Gasteiger partial charge < -0.3 is 19.5 Å². The minimum atomic E-state index is -0.517. The van der Waals surface area contributed by atoms with Gasteiger partial charge in [0.05, 0.1) is 25.5 Å². The van der Waals surface area contributed by atoms with Crippen molar-refractivity contribution in [2.24, 2.45) is 0 Å². The number of para-hydroxylation sites is 1. The summed E-state index contributed by atoms with van der Waals surface area (Å²) in [6.07, 6.45) is 0. The minimum Gasteiger partial charge on any atom is -0.497 e. The van der Waals surface area contributed by atoms with Crippen molar-refractivity contribution in [3.8, 4) is 11.5 Å². The van der Waals surface area contributed by atoms with Crippen LogP contribution < -0.4 is 14.8 Å². The lowest BCUT2D eigenvalue weighted by atomic mass is 10.2. The van der Waals surface area contributed by atoms with E-state index in [2.05, 4.69) is 10.1 Å². The third kappa shape index (κ3) is 4.47. The van der Waals surface area contributed by atoms with E-state index < -0.39 is 5.97 Å². The third-order valence-electron chi connectivity index (χ3n) is 3.04. The van der Waals surface area contributed by atoms with Crippen LogP contribution in [0.25, 0.3) is 0 Å². The number of hydrogen-bond donors (Lipinski definition) is 1. The van der Waals surface area contributed by atoms with Gasteiger partial charge in [0.25, 0.3) is 5.91 Å². The predicted octanol–water partition coefficient (Wildman–Crippen LogP) is 2.50. The van der Waals surface area contributed by atoms with Crippen molar-refractivity contribution in [2.75, 3.05) is 26.1 Å². The highest BCUT2D eigenvalue weighted by molar-refractivity contribution is 6.01. The number of carbonyl (C=O) groups excluding carboxylic acids is 2. The van der Waals surface area contributed by atoms with E-state index in [0.717, 1.165) is 0 Å². The highest BCUT2D eigenvalue weighted by Gasteiger charge is 2.13. The zero-order valence-corrected chi connectivity index (χ0v) is 12.9. The van der Waals surface area contributed by atoms with Gasteiger partial charge >= 0.3 is 5.97 Å². The van der Waals surface area contributed by atoms with E-state index in [-0.39, 0.29) is 18.1 Å². The smallest absolute Gasteiger partial charge is 0.339 e. The average Bonchev–Trinajstić information content (AvgIpc) is 2.60. The molecule has 0 saturated heterocycles. The van der Waals surface area contributed by atoms with Crippen LogP contribution in [0, 0.1) is 0 Å². The molecular weight excluding hydrogens is 298 g/mol. The molecule has 23 heavy (non-hydrogen) atoms. The Balaban J connectivity index is 1.95. The van der Waals surface area contributed by atoms with E-state index in [1.807, 2.05) is 0 Å². The maximum Gasteiger partial charge on any atom is 0.339 e. The van der Waals surface area contributed by atoms with Crippen molar-refractivity contribution in [3.05, 3.63) is 54.1 Å². The van der Waals surface area contributed by atoms with Crippen LogP contribution >= 0.6 is 0 Å². The van der Waals surface area contributed by atoms with Crippen LogP contribution in [-0.4, -0.2) is 32.7 Å². The Morgan fingerprint density at radius 2 is 1.61 bits per heavy atom. The Hall–Kier alpha value is -3.02. The van der Waals surface area contributed by atoms with Crippen LogP contribution in [0.2, 0.25) is 0 Å². The summed E-state index contributed by atoms with van der Waals surface area (Å²) in [7, 11) is 2.86. The van der Waals surface area contributed by atoms with E-state index in [0.29, 0.717) is 17.2 Å². The molecule has 2 aromatic rings. The zero-order chi connectivity index (χ0) is 16.7. The molecule has 0 aliphatic carbocycles. The highest BCUT2D eigenvalue weighted by atomic mass is 16.5. The second-order valence-corrected chi connectivity index (χ2v) is 4.55. The van der Waals surface area contributed by atoms with Crippen LogP contribution in [-0.2, 0) is 9.53 Å². The largest absolute Gasteiger partial charge is 0.497 e. The number of nitrogens with one attached hydrogen (secondary N) is 1. The minimum absolute atomic E-state index is 0.179. The first-order valence-corrected chi connectivity index (χ1v) is 6.88. The van der Waals surface area contributed by atoms with Gasteiger partial charge in [0.1, 0.15) is 11.5 Å². The van der Waals surface area contributed by atoms with Crippen LogP contribution in [0.15, 0.2) is 48.5 Å². The van der Waals surface area contributed by atoms with Gasteiger partial charge in [0.2, 0.25) is 0 Å². The van der Waals surface area contributed by atoms with Gasteiger partial charge in [-0.15, -0.1) is 0 Å². The molecule has 2 aromatic carbocycles. The molecule has 1 N–H and O–H groups in total. The second-order valence-electron chi connectivity index (χ2n) is 4.55. The average molecular weight is 315 g/mol. The Morgan fingerprint density at radius 1 is 0.957 bits per heavy atom. The number of methoxy groups -OCH3 is 2. The maximum atomic E-state index is 12.0. The predicted molar refractivity (Wildman–Crippen MR) is 84.9 cm³/mol. The summed E-state index contributed by atoms with van der Waals surface area (Å²) < 4.78 is 15.1. The standard InChI is InChI=1S/C17H17NO5/c1-21-12-7-9-13(10-8-12)23-11-16(19)18-15-6-4-3-5-14(15)17(20)22-2/h3-10H,11H2,1-2H3,(H,18,19). The molecule has 0 fully saturated rings. The number of amides is 1. The van der Waals surface area contributed by atoms with Gasteiger partial charge in [0.15, 0.2) is 6.61 Å². The molecule has 0 unspecified atom stereocenters. The molecule has 0 saturated carbocycles. The number of esters is 1. The molecule has 0 aliphatic heterocycles. The number of rotatable bonds is 6. The fraction of sp³-hybridized carbons (Fsp3) is 0.176. The Morgan fingerprint density at radius 3 is 2.26 bits per heavy atom. The van der Waals surface area contributed by atoms with Crippen LogP contribution in [0.4, 0.5) is 5.69 Å².